The summed E-state index contributed by atoms with van der Waals surface area (Å²) < 4.78 is 7.79. The SMILES string of the molecule is Cc1nn(C2CCCOC2)c(C)c1CCNCC(C)C. The highest BCUT2D eigenvalue weighted by atomic mass is 16.5. The van der Waals surface area contributed by atoms with Crippen LogP contribution >= 0.6 is 0 Å². The molecule has 1 aliphatic rings. The summed E-state index contributed by atoms with van der Waals surface area (Å²) in [6, 6.07) is 0.430. The monoisotopic (exact) mass is 279 g/mol. The molecule has 0 spiro atoms. The van der Waals surface area contributed by atoms with E-state index in [0.717, 1.165) is 39.1 Å². The van der Waals surface area contributed by atoms with E-state index < -0.39 is 0 Å². The van der Waals surface area contributed by atoms with Gasteiger partial charge in [-0.3, -0.25) is 4.68 Å². The van der Waals surface area contributed by atoms with Crippen LogP contribution in [0.5, 0.6) is 0 Å². The van der Waals surface area contributed by atoms with Crippen LogP contribution in [0.4, 0.5) is 0 Å². The molecule has 0 aromatic carbocycles. The first-order chi connectivity index (χ1) is 9.59. The van der Waals surface area contributed by atoms with Gasteiger partial charge in [0.25, 0.3) is 0 Å². The zero-order chi connectivity index (χ0) is 14.5. The van der Waals surface area contributed by atoms with E-state index in [0.29, 0.717) is 12.0 Å². The van der Waals surface area contributed by atoms with Crippen LogP contribution in [-0.4, -0.2) is 36.1 Å². The third-order valence-corrected chi connectivity index (χ3v) is 4.06. The van der Waals surface area contributed by atoms with Gasteiger partial charge in [0.15, 0.2) is 0 Å². The highest BCUT2D eigenvalue weighted by molar-refractivity contribution is 5.25. The molecule has 0 radical (unpaired) electrons. The summed E-state index contributed by atoms with van der Waals surface area (Å²) in [5.74, 6) is 0.708. The van der Waals surface area contributed by atoms with E-state index in [1.165, 1.54) is 23.4 Å². The van der Waals surface area contributed by atoms with Gasteiger partial charge in [-0.1, -0.05) is 13.8 Å². The maximum atomic E-state index is 5.59. The van der Waals surface area contributed by atoms with Gasteiger partial charge in [0.05, 0.1) is 18.3 Å². The summed E-state index contributed by atoms with van der Waals surface area (Å²) >= 11 is 0. The van der Waals surface area contributed by atoms with Crippen molar-refractivity contribution >= 4 is 0 Å². The van der Waals surface area contributed by atoms with Crippen molar-refractivity contribution in [2.75, 3.05) is 26.3 Å². The van der Waals surface area contributed by atoms with E-state index in [9.17, 15) is 0 Å². The second-order valence-electron chi connectivity index (χ2n) is 6.31. The van der Waals surface area contributed by atoms with Gasteiger partial charge in [-0.05, 0) is 57.7 Å². The second kappa shape index (κ2) is 7.23. The minimum Gasteiger partial charge on any atom is -0.379 e. The van der Waals surface area contributed by atoms with Crippen LogP contribution < -0.4 is 5.32 Å². The largest absolute Gasteiger partial charge is 0.379 e. The Bertz CT molecular complexity index is 420. The molecular weight excluding hydrogens is 250 g/mol. The van der Waals surface area contributed by atoms with Crippen LogP contribution in [0.25, 0.3) is 0 Å². The minimum absolute atomic E-state index is 0.430. The molecule has 1 saturated heterocycles. The molecule has 0 bridgehead atoms. The van der Waals surface area contributed by atoms with Crippen molar-refractivity contribution in [3.8, 4) is 0 Å². The molecule has 2 heterocycles. The van der Waals surface area contributed by atoms with E-state index in [1.54, 1.807) is 0 Å². The smallest absolute Gasteiger partial charge is 0.0756 e. The van der Waals surface area contributed by atoms with Gasteiger partial charge < -0.3 is 10.1 Å². The standard InChI is InChI=1S/C16H29N3O/c1-12(2)10-17-8-7-16-13(3)18-19(14(16)4)15-6-5-9-20-11-15/h12,15,17H,5-11H2,1-4H3. The lowest BCUT2D eigenvalue weighted by Gasteiger charge is -2.23. The summed E-state index contributed by atoms with van der Waals surface area (Å²) in [6.45, 7) is 12.6. The lowest BCUT2D eigenvalue weighted by atomic mass is 10.1. The Hall–Kier alpha value is -0.870. The van der Waals surface area contributed by atoms with Gasteiger partial charge in [-0.25, -0.2) is 0 Å². The molecule has 114 valence electrons. The van der Waals surface area contributed by atoms with Gasteiger partial charge in [0.2, 0.25) is 0 Å². The zero-order valence-electron chi connectivity index (χ0n) is 13.4. The Balaban J connectivity index is 1.97. The molecule has 2 rings (SSSR count). The fourth-order valence-electron chi connectivity index (χ4n) is 2.94. The number of aromatic nitrogens is 2. The second-order valence-corrected chi connectivity index (χ2v) is 6.31. The molecule has 1 aromatic rings. The first-order valence-corrected chi connectivity index (χ1v) is 7.92. The fraction of sp³-hybridized carbons (Fsp3) is 0.812. The van der Waals surface area contributed by atoms with Gasteiger partial charge in [0, 0.05) is 12.3 Å². The van der Waals surface area contributed by atoms with Crippen molar-refractivity contribution in [1.29, 1.82) is 0 Å². The first kappa shape index (κ1) is 15.5. The lowest BCUT2D eigenvalue weighted by Crippen LogP contribution is -2.24. The Morgan fingerprint density at radius 3 is 2.85 bits per heavy atom. The topological polar surface area (TPSA) is 39.1 Å². The third kappa shape index (κ3) is 3.83. The Labute approximate surface area is 122 Å². The van der Waals surface area contributed by atoms with E-state index in [2.05, 4.69) is 37.7 Å². The molecule has 1 unspecified atom stereocenters. The normalized spacial score (nSPS) is 19.8. The van der Waals surface area contributed by atoms with Crippen LogP contribution in [0.2, 0.25) is 0 Å². The molecule has 0 aliphatic carbocycles. The van der Waals surface area contributed by atoms with Crippen molar-refractivity contribution in [1.82, 2.24) is 15.1 Å². The van der Waals surface area contributed by atoms with Crippen molar-refractivity contribution in [3.63, 3.8) is 0 Å². The molecular formula is C16H29N3O. The number of nitrogens with one attached hydrogen (secondary N) is 1. The quantitative estimate of drug-likeness (QED) is 0.814. The predicted octanol–water partition coefficient (Wildman–Crippen LogP) is 2.64. The molecule has 0 saturated carbocycles. The molecule has 0 amide bonds. The molecule has 4 nitrogen and oxygen atoms in total. The Kier molecular flexibility index (Phi) is 5.61. The summed E-state index contributed by atoms with van der Waals surface area (Å²) in [7, 11) is 0. The zero-order valence-corrected chi connectivity index (χ0v) is 13.4. The molecule has 1 atom stereocenters. The summed E-state index contributed by atoms with van der Waals surface area (Å²) in [4.78, 5) is 0. The molecule has 1 N–H and O–H groups in total. The van der Waals surface area contributed by atoms with Crippen molar-refractivity contribution in [3.05, 3.63) is 17.0 Å². The van der Waals surface area contributed by atoms with E-state index in [1.807, 2.05) is 0 Å². The first-order valence-electron chi connectivity index (χ1n) is 7.92. The summed E-state index contributed by atoms with van der Waals surface area (Å²) in [5.41, 5.74) is 3.91. The van der Waals surface area contributed by atoms with Crippen molar-refractivity contribution in [2.45, 2.75) is 53.0 Å². The Morgan fingerprint density at radius 1 is 1.40 bits per heavy atom. The van der Waals surface area contributed by atoms with E-state index >= 15 is 0 Å². The average molecular weight is 279 g/mol. The number of hydrogen-bond donors (Lipinski definition) is 1. The Morgan fingerprint density at radius 2 is 2.20 bits per heavy atom. The van der Waals surface area contributed by atoms with Crippen LogP contribution in [0.3, 0.4) is 0 Å². The minimum atomic E-state index is 0.430. The molecule has 1 aliphatic heterocycles. The molecule has 1 aromatic heterocycles. The van der Waals surface area contributed by atoms with Crippen molar-refractivity contribution in [2.24, 2.45) is 5.92 Å². The van der Waals surface area contributed by atoms with Crippen LogP contribution in [-0.2, 0) is 11.2 Å². The average Bonchev–Trinajstić information content (AvgIpc) is 2.71. The summed E-state index contributed by atoms with van der Waals surface area (Å²) in [5, 5.41) is 8.27. The molecule has 1 fully saturated rings. The number of rotatable bonds is 6. The van der Waals surface area contributed by atoms with Gasteiger partial charge >= 0.3 is 0 Å². The van der Waals surface area contributed by atoms with Gasteiger partial charge in [-0.2, -0.15) is 5.10 Å². The summed E-state index contributed by atoms with van der Waals surface area (Å²) in [6.07, 6.45) is 3.40. The van der Waals surface area contributed by atoms with Gasteiger partial charge in [-0.15, -0.1) is 0 Å². The van der Waals surface area contributed by atoms with Crippen molar-refractivity contribution < 1.29 is 4.74 Å². The van der Waals surface area contributed by atoms with Crippen LogP contribution in [0.1, 0.15) is 49.7 Å². The number of ether oxygens (including phenoxy) is 1. The van der Waals surface area contributed by atoms with Crippen LogP contribution in [0, 0.1) is 19.8 Å². The highest BCUT2D eigenvalue weighted by Crippen LogP contribution is 2.23. The highest BCUT2D eigenvalue weighted by Gasteiger charge is 2.21. The van der Waals surface area contributed by atoms with E-state index in [-0.39, 0.29) is 0 Å². The third-order valence-electron chi connectivity index (χ3n) is 4.06. The number of hydrogen-bond acceptors (Lipinski definition) is 3. The van der Waals surface area contributed by atoms with Crippen LogP contribution in [0.15, 0.2) is 0 Å². The lowest BCUT2D eigenvalue weighted by molar-refractivity contribution is 0.0541. The fourth-order valence-corrected chi connectivity index (χ4v) is 2.94. The maximum absolute atomic E-state index is 5.59. The van der Waals surface area contributed by atoms with Gasteiger partial charge in [0.1, 0.15) is 0 Å². The number of aryl methyl sites for hydroxylation is 1. The predicted molar refractivity (Wildman–Crippen MR) is 82.2 cm³/mol. The number of nitrogens with zero attached hydrogens (tertiary/aromatic N) is 2. The van der Waals surface area contributed by atoms with E-state index in [4.69, 9.17) is 9.84 Å². The molecule has 20 heavy (non-hydrogen) atoms. The molecule has 4 heteroatoms. The maximum Gasteiger partial charge on any atom is 0.0756 e.